The molecule has 1 aliphatic carbocycles. The molecule has 0 saturated carbocycles. The standard InChI is InChI=1S/C16H22N.C2HF3O2/c1-12-6-4-7-13-8-5-9-14-10-11-17(15(13)14)16(12,2)3;3-2(4,5)1(6)7/h6,10-11H,4-5,7-9H2,1-3H3;(H,6,7)/q+1;/p-1. The van der Waals surface area contributed by atoms with Crippen LogP contribution in [0.3, 0.4) is 0 Å². The van der Waals surface area contributed by atoms with Gasteiger partial charge in [0.25, 0.3) is 0 Å². The first-order chi connectivity index (χ1) is 11.0. The molecule has 3 aliphatic rings. The first kappa shape index (κ1) is 18.5. The van der Waals surface area contributed by atoms with Crippen LogP contribution in [0.5, 0.6) is 0 Å². The van der Waals surface area contributed by atoms with E-state index in [1.807, 2.05) is 0 Å². The van der Waals surface area contributed by atoms with E-state index in [1.54, 1.807) is 16.8 Å². The maximum absolute atomic E-state index is 10.5. The highest BCUT2D eigenvalue weighted by Crippen LogP contribution is 2.40. The van der Waals surface area contributed by atoms with Crippen molar-refractivity contribution in [3.63, 3.8) is 0 Å². The summed E-state index contributed by atoms with van der Waals surface area (Å²) in [5.41, 5.74) is 6.47. The topological polar surface area (TPSA) is 43.1 Å². The van der Waals surface area contributed by atoms with Gasteiger partial charge in [0.05, 0.1) is 0 Å². The van der Waals surface area contributed by atoms with Gasteiger partial charge in [0, 0.05) is 31.1 Å². The monoisotopic (exact) mass is 341 g/mol. The molecule has 0 radical (unpaired) electrons. The van der Waals surface area contributed by atoms with Gasteiger partial charge < -0.3 is 9.90 Å². The van der Waals surface area contributed by atoms with Crippen molar-refractivity contribution in [2.24, 2.45) is 0 Å². The minimum atomic E-state index is -5.19. The molecule has 6 heteroatoms. The second kappa shape index (κ2) is 6.57. The molecule has 24 heavy (non-hydrogen) atoms. The summed E-state index contributed by atoms with van der Waals surface area (Å²) in [6, 6.07) is 0. The van der Waals surface area contributed by atoms with Crippen LogP contribution in [-0.2, 0) is 4.79 Å². The number of hydrogen-bond acceptors (Lipinski definition) is 2. The number of rotatable bonds is 0. The van der Waals surface area contributed by atoms with Gasteiger partial charge >= 0.3 is 6.18 Å². The molecule has 3 nitrogen and oxygen atoms in total. The van der Waals surface area contributed by atoms with Crippen molar-refractivity contribution in [2.45, 2.75) is 64.6 Å². The number of hydrogen-bond donors (Lipinski definition) is 0. The predicted octanol–water partition coefficient (Wildman–Crippen LogP) is 3.27. The van der Waals surface area contributed by atoms with Gasteiger partial charge in [-0.3, -0.25) is 0 Å². The molecular weight excluding hydrogens is 319 g/mol. The van der Waals surface area contributed by atoms with Crippen LogP contribution >= 0.6 is 0 Å². The van der Waals surface area contributed by atoms with E-state index >= 15 is 0 Å². The van der Waals surface area contributed by atoms with Crippen LogP contribution in [0.1, 0.15) is 52.9 Å². The van der Waals surface area contributed by atoms with Gasteiger partial charge in [-0.1, -0.05) is 6.08 Å². The highest BCUT2D eigenvalue weighted by atomic mass is 19.4. The summed E-state index contributed by atoms with van der Waals surface area (Å²) < 4.78 is 34.1. The number of carbonyl (C=O) groups excluding carboxylic acids is 1. The van der Waals surface area contributed by atoms with E-state index in [0.717, 1.165) is 0 Å². The molecule has 0 atom stereocenters. The SMILES string of the molecule is CC1=CCCC2=C3C(=CC=[N+]3C1(C)C)CCC2.O=C([O-])C(F)(F)F. The van der Waals surface area contributed by atoms with Crippen LogP contribution in [-0.4, -0.2) is 28.5 Å². The third-order valence-corrected chi connectivity index (χ3v) is 4.92. The number of carboxylic acid groups (broad SMARTS) is 1. The Kier molecular flexibility index (Phi) is 5.06. The average molecular weight is 341 g/mol. The quantitative estimate of drug-likeness (QED) is 0.501. The third kappa shape index (κ3) is 3.62. The first-order valence-electron chi connectivity index (χ1n) is 8.06. The van der Waals surface area contributed by atoms with Gasteiger partial charge in [-0.25, -0.2) is 0 Å². The Morgan fingerprint density at radius 2 is 1.88 bits per heavy atom. The fourth-order valence-electron chi connectivity index (χ4n) is 3.29. The van der Waals surface area contributed by atoms with Crippen molar-refractivity contribution in [3.05, 3.63) is 34.6 Å². The lowest BCUT2D eigenvalue weighted by molar-refractivity contribution is -0.536. The molecule has 0 N–H and O–H groups in total. The molecule has 0 fully saturated rings. The van der Waals surface area contributed by atoms with Crippen molar-refractivity contribution in [3.8, 4) is 0 Å². The molecule has 3 rings (SSSR count). The zero-order valence-corrected chi connectivity index (χ0v) is 14.2. The molecule has 0 amide bonds. The molecule has 0 aromatic heterocycles. The van der Waals surface area contributed by atoms with Crippen LogP contribution in [0.2, 0.25) is 0 Å². The van der Waals surface area contributed by atoms with Crippen molar-refractivity contribution >= 4 is 12.2 Å². The minimum absolute atomic E-state index is 0.136. The lowest BCUT2D eigenvalue weighted by Gasteiger charge is -2.28. The number of aliphatic carboxylic acids is 1. The van der Waals surface area contributed by atoms with Gasteiger partial charge in [-0.15, -0.1) is 0 Å². The van der Waals surface area contributed by atoms with Crippen molar-refractivity contribution in [1.82, 2.24) is 0 Å². The second-order valence-corrected chi connectivity index (χ2v) is 6.79. The molecular formula is C18H22F3NO2. The summed E-state index contributed by atoms with van der Waals surface area (Å²) >= 11 is 0. The summed E-state index contributed by atoms with van der Waals surface area (Å²) in [4.78, 5) is 8.78. The Morgan fingerprint density at radius 3 is 2.46 bits per heavy atom. The Labute approximate surface area is 139 Å². The number of nitrogens with zero attached hydrogens (tertiary/aromatic N) is 1. The second-order valence-electron chi connectivity index (χ2n) is 6.79. The summed E-state index contributed by atoms with van der Waals surface area (Å²) in [6.07, 6.45) is 8.28. The fraction of sp³-hybridized carbons (Fsp3) is 0.556. The van der Waals surface area contributed by atoms with E-state index < -0.39 is 12.1 Å². The van der Waals surface area contributed by atoms with Crippen molar-refractivity contribution < 1.29 is 27.6 Å². The smallest absolute Gasteiger partial charge is 0.430 e. The number of allylic oxidation sites excluding steroid dienone is 4. The van der Waals surface area contributed by atoms with Gasteiger partial charge in [-0.2, -0.15) is 17.7 Å². The third-order valence-electron chi connectivity index (χ3n) is 4.92. The Hall–Kier alpha value is -1.85. The Bertz CT molecular complexity index is 664. The molecule has 0 bridgehead atoms. The number of halogens is 3. The molecule has 2 aliphatic heterocycles. The van der Waals surface area contributed by atoms with Crippen LogP contribution in [0.15, 0.2) is 34.6 Å². The molecule has 0 spiro atoms. The molecule has 0 unspecified atom stereocenters. The molecule has 0 aromatic carbocycles. The highest BCUT2D eigenvalue weighted by molar-refractivity contribution is 5.74. The summed E-state index contributed by atoms with van der Waals surface area (Å²) in [6.45, 7) is 6.97. The minimum Gasteiger partial charge on any atom is -0.542 e. The van der Waals surface area contributed by atoms with Gasteiger partial charge in [0.1, 0.15) is 5.97 Å². The largest absolute Gasteiger partial charge is 0.542 e. The molecule has 0 saturated heterocycles. The van der Waals surface area contributed by atoms with E-state index in [-0.39, 0.29) is 5.54 Å². The van der Waals surface area contributed by atoms with Crippen LogP contribution in [0.4, 0.5) is 13.2 Å². The van der Waals surface area contributed by atoms with Gasteiger partial charge in [0.2, 0.25) is 5.70 Å². The predicted molar refractivity (Wildman–Crippen MR) is 83.4 cm³/mol. The fourth-order valence-corrected chi connectivity index (χ4v) is 3.29. The zero-order chi connectivity index (χ0) is 18.1. The van der Waals surface area contributed by atoms with Gasteiger partial charge in [-0.05, 0) is 44.6 Å². The van der Waals surface area contributed by atoms with Gasteiger partial charge in [0.15, 0.2) is 11.8 Å². The normalized spacial score (nSPS) is 22.2. The van der Waals surface area contributed by atoms with E-state index in [2.05, 4.69) is 43.7 Å². The van der Waals surface area contributed by atoms with Crippen LogP contribution in [0.25, 0.3) is 0 Å². The number of carbonyl (C=O) groups is 1. The summed E-state index contributed by atoms with van der Waals surface area (Å²) in [7, 11) is 0. The maximum Gasteiger partial charge on any atom is 0.430 e. The highest BCUT2D eigenvalue weighted by Gasteiger charge is 2.41. The lowest BCUT2D eigenvalue weighted by atomic mass is 9.84. The Morgan fingerprint density at radius 1 is 1.25 bits per heavy atom. The number of carboxylic acids is 1. The van der Waals surface area contributed by atoms with Crippen LogP contribution in [0, 0.1) is 0 Å². The molecule has 132 valence electrons. The van der Waals surface area contributed by atoms with E-state index in [4.69, 9.17) is 9.90 Å². The van der Waals surface area contributed by atoms with Crippen molar-refractivity contribution in [1.29, 1.82) is 0 Å². The van der Waals surface area contributed by atoms with E-state index in [1.165, 1.54) is 37.7 Å². The van der Waals surface area contributed by atoms with E-state index in [0.29, 0.717) is 0 Å². The lowest BCUT2D eigenvalue weighted by Crippen LogP contribution is -2.38. The van der Waals surface area contributed by atoms with Crippen molar-refractivity contribution in [2.75, 3.05) is 0 Å². The molecule has 0 aromatic rings. The Balaban J connectivity index is 0.000000256. The average Bonchev–Trinajstić information content (AvgIpc) is 2.91. The summed E-state index contributed by atoms with van der Waals surface area (Å²) in [5, 5.41) is 8.78. The first-order valence-corrected chi connectivity index (χ1v) is 8.06. The van der Waals surface area contributed by atoms with E-state index in [9.17, 15) is 13.2 Å². The molecule has 2 heterocycles. The number of alkyl halides is 3. The summed E-state index contributed by atoms with van der Waals surface area (Å²) in [5.74, 6) is -3.01. The van der Waals surface area contributed by atoms with Crippen LogP contribution < -0.4 is 5.11 Å². The maximum atomic E-state index is 10.5. The zero-order valence-electron chi connectivity index (χ0n) is 14.2.